The maximum absolute atomic E-state index is 12.2. The summed E-state index contributed by atoms with van der Waals surface area (Å²) in [7, 11) is 0. The second-order valence-electron chi connectivity index (χ2n) is 4.29. The van der Waals surface area contributed by atoms with E-state index in [0.29, 0.717) is 26.1 Å². The Morgan fingerprint density at radius 2 is 2.33 bits per heavy atom. The molecule has 1 aliphatic heterocycles. The van der Waals surface area contributed by atoms with E-state index >= 15 is 0 Å². The van der Waals surface area contributed by atoms with Gasteiger partial charge in [-0.05, 0) is 17.7 Å². The maximum atomic E-state index is 12.2. The maximum Gasteiger partial charge on any atom is 0.227 e. The van der Waals surface area contributed by atoms with E-state index in [-0.39, 0.29) is 12.0 Å². The van der Waals surface area contributed by atoms with Crippen LogP contribution in [0.15, 0.2) is 28.7 Å². The summed E-state index contributed by atoms with van der Waals surface area (Å²) in [5.74, 6) is 0.169. The van der Waals surface area contributed by atoms with E-state index in [1.807, 2.05) is 29.2 Å². The monoisotopic (exact) mass is 375 g/mol. The molecule has 1 atom stereocenters. The number of carbonyl (C=O) groups is 1. The lowest BCUT2D eigenvalue weighted by atomic mass is 10.1. The third-order valence-electron chi connectivity index (χ3n) is 2.91. The Morgan fingerprint density at radius 1 is 1.50 bits per heavy atom. The Morgan fingerprint density at radius 3 is 3.06 bits per heavy atom. The molecule has 1 heterocycles. The van der Waals surface area contributed by atoms with Crippen LogP contribution in [-0.2, 0) is 16.0 Å². The van der Waals surface area contributed by atoms with Crippen molar-refractivity contribution < 1.29 is 9.53 Å². The molecule has 18 heavy (non-hydrogen) atoms. The molecular formula is C13H15Br2NO2. The molecule has 3 nitrogen and oxygen atoms in total. The largest absolute Gasteiger partial charge is 0.374 e. The summed E-state index contributed by atoms with van der Waals surface area (Å²) < 4.78 is 6.54. The van der Waals surface area contributed by atoms with Crippen molar-refractivity contribution in [2.45, 2.75) is 12.5 Å². The fraction of sp³-hybridized carbons (Fsp3) is 0.462. The van der Waals surface area contributed by atoms with E-state index in [9.17, 15) is 4.79 Å². The Hall–Kier alpha value is -0.390. The molecule has 98 valence electrons. The highest BCUT2D eigenvalue weighted by Gasteiger charge is 2.23. The molecule has 0 aliphatic carbocycles. The molecule has 1 amide bonds. The van der Waals surface area contributed by atoms with E-state index in [4.69, 9.17) is 4.74 Å². The molecule has 2 rings (SSSR count). The summed E-state index contributed by atoms with van der Waals surface area (Å²) in [6.07, 6.45) is 0.569. The van der Waals surface area contributed by atoms with Crippen LogP contribution >= 0.6 is 31.9 Å². The summed E-state index contributed by atoms with van der Waals surface area (Å²) in [6.45, 7) is 1.99. The average Bonchev–Trinajstić information content (AvgIpc) is 2.39. The number of rotatable bonds is 3. The number of hydrogen-bond donors (Lipinski definition) is 0. The lowest BCUT2D eigenvalue weighted by molar-refractivity contribution is -0.137. The van der Waals surface area contributed by atoms with E-state index in [1.165, 1.54) is 0 Å². The number of carbonyl (C=O) groups excluding carboxylic acids is 1. The molecule has 0 radical (unpaired) electrons. The molecule has 0 saturated carbocycles. The Balaban J connectivity index is 1.95. The number of hydrogen-bond acceptors (Lipinski definition) is 2. The fourth-order valence-corrected chi connectivity index (χ4v) is 2.81. The number of alkyl halides is 1. The van der Waals surface area contributed by atoms with Crippen LogP contribution in [0.4, 0.5) is 0 Å². The lowest BCUT2D eigenvalue weighted by Gasteiger charge is -2.32. The summed E-state index contributed by atoms with van der Waals surface area (Å²) in [5.41, 5.74) is 1.04. The molecule has 0 aromatic heterocycles. The van der Waals surface area contributed by atoms with Crippen molar-refractivity contribution in [1.29, 1.82) is 0 Å². The van der Waals surface area contributed by atoms with Crippen LogP contribution in [0.25, 0.3) is 0 Å². The van der Waals surface area contributed by atoms with Crippen molar-refractivity contribution >= 4 is 37.8 Å². The Bertz CT molecular complexity index is 425. The molecule has 0 bridgehead atoms. The van der Waals surface area contributed by atoms with Gasteiger partial charge in [-0.3, -0.25) is 4.79 Å². The SMILES string of the molecule is O=C(Cc1cccc(Br)c1)N1CCOC(CBr)C1. The smallest absolute Gasteiger partial charge is 0.227 e. The minimum Gasteiger partial charge on any atom is -0.374 e. The molecule has 1 aromatic carbocycles. The van der Waals surface area contributed by atoms with Gasteiger partial charge in [0.05, 0.1) is 19.1 Å². The van der Waals surface area contributed by atoms with Gasteiger partial charge < -0.3 is 9.64 Å². The minimum absolute atomic E-state index is 0.116. The van der Waals surface area contributed by atoms with Crippen LogP contribution in [0.1, 0.15) is 5.56 Å². The third kappa shape index (κ3) is 3.80. The van der Waals surface area contributed by atoms with Crippen LogP contribution in [0.5, 0.6) is 0 Å². The molecule has 0 N–H and O–H groups in total. The van der Waals surface area contributed by atoms with Gasteiger partial charge in [-0.25, -0.2) is 0 Å². The first kappa shape index (κ1) is 14.0. The molecule has 0 spiro atoms. The molecule has 1 unspecified atom stereocenters. The zero-order valence-electron chi connectivity index (χ0n) is 9.94. The second kappa shape index (κ2) is 6.68. The van der Waals surface area contributed by atoms with Crippen molar-refractivity contribution in [3.8, 4) is 0 Å². The summed E-state index contributed by atoms with van der Waals surface area (Å²) in [6, 6.07) is 7.88. The highest BCUT2D eigenvalue weighted by molar-refractivity contribution is 9.10. The summed E-state index contributed by atoms with van der Waals surface area (Å²) >= 11 is 6.81. The summed E-state index contributed by atoms with van der Waals surface area (Å²) in [5, 5.41) is 0.771. The fourth-order valence-electron chi connectivity index (χ4n) is 1.97. The topological polar surface area (TPSA) is 29.5 Å². The second-order valence-corrected chi connectivity index (χ2v) is 5.86. The van der Waals surface area contributed by atoms with Crippen molar-refractivity contribution in [2.75, 3.05) is 25.0 Å². The lowest BCUT2D eigenvalue weighted by Crippen LogP contribution is -2.46. The molecular weight excluding hydrogens is 362 g/mol. The minimum atomic E-state index is 0.116. The van der Waals surface area contributed by atoms with Gasteiger partial charge in [0.15, 0.2) is 0 Å². The van der Waals surface area contributed by atoms with Gasteiger partial charge in [-0.2, -0.15) is 0 Å². The van der Waals surface area contributed by atoms with E-state index < -0.39 is 0 Å². The van der Waals surface area contributed by atoms with Gasteiger partial charge in [-0.15, -0.1) is 0 Å². The molecule has 1 aliphatic rings. The van der Waals surface area contributed by atoms with Crippen LogP contribution < -0.4 is 0 Å². The van der Waals surface area contributed by atoms with Gasteiger partial charge in [-0.1, -0.05) is 44.0 Å². The quantitative estimate of drug-likeness (QED) is 0.759. The first-order valence-corrected chi connectivity index (χ1v) is 7.80. The Kier molecular flexibility index (Phi) is 5.21. The van der Waals surface area contributed by atoms with Crippen LogP contribution in [0.2, 0.25) is 0 Å². The van der Waals surface area contributed by atoms with E-state index in [1.54, 1.807) is 0 Å². The predicted octanol–water partition coefficient (Wildman–Crippen LogP) is 2.61. The predicted molar refractivity (Wildman–Crippen MR) is 78.0 cm³/mol. The van der Waals surface area contributed by atoms with Crippen molar-refractivity contribution in [1.82, 2.24) is 4.90 Å². The summed E-state index contributed by atoms with van der Waals surface area (Å²) in [4.78, 5) is 14.1. The van der Waals surface area contributed by atoms with Gasteiger partial charge in [0, 0.05) is 22.9 Å². The van der Waals surface area contributed by atoms with Crippen molar-refractivity contribution in [3.63, 3.8) is 0 Å². The number of amides is 1. The van der Waals surface area contributed by atoms with Gasteiger partial charge in [0.1, 0.15) is 0 Å². The van der Waals surface area contributed by atoms with E-state index in [2.05, 4.69) is 31.9 Å². The van der Waals surface area contributed by atoms with Crippen molar-refractivity contribution in [3.05, 3.63) is 34.3 Å². The van der Waals surface area contributed by atoms with Crippen LogP contribution in [-0.4, -0.2) is 41.9 Å². The first-order chi connectivity index (χ1) is 8.69. The third-order valence-corrected chi connectivity index (χ3v) is 4.12. The van der Waals surface area contributed by atoms with Gasteiger partial charge in [0.25, 0.3) is 0 Å². The Labute approximate surface area is 124 Å². The molecule has 1 fully saturated rings. The van der Waals surface area contributed by atoms with Gasteiger partial charge in [0.2, 0.25) is 5.91 Å². The van der Waals surface area contributed by atoms with Crippen LogP contribution in [0.3, 0.4) is 0 Å². The number of morpholine rings is 1. The molecule has 5 heteroatoms. The number of nitrogens with zero attached hydrogens (tertiary/aromatic N) is 1. The van der Waals surface area contributed by atoms with Gasteiger partial charge >= 0.3 is 0 Å². The standard InChI is InChI=1S/C13H15Br2NO2/c14-8-12-9-16(4-5-18-12)13(17)7-10-2-1-3-11(15)6-10/h1-3,6,12H,4-5,7-9H2. The van der Waals surface area contributed by atoms with Crippen molar-refractivity contribution in [2.24, 2.45) is 0 Å². The highest BCUT2D eigenvalue weighted by Crippen LogP contribution is 2.14. The number of ether oxygens (including phenoxy) is 1. The van der Waals surface area contributed by atoms with E-state index in [0.717, 1.165) is 15.4 Å². The van der Waals surface area contributed by atoms with Crippen LogP contribution in [0, 0.1) is 0 Å². The highest BCUT2D eigenvalue weighted by atomic mass is 79.9. The first-order valence-electron chi connectivity index (χ1n) is 5.89. The average molecular weight is 377 g/mol. The normalized spacial score (nSPS) is 19.9. The molecule has 1 aromatic rings. The zero-order chi connectivity index (χ0) is 13.0. The zero-order valence-corrected chi connectivity index (χ0v) is 13.1. The molecule has 1 saturated heterocycles. The number of benzene rings is 1. The number of halogens is 2.